The Kier molecular flexibility index (Phi) is 2.54. The molecule has 0 aliphatic heterocycles. The van der Waals surface area contributed by atoms with Gasteiger partial charge in [0.25, 0.3) is 5.91 Å². The van der Waals surface area contributed by atoms with E-state index in [9.17, 15) is 13.6 Å². The van der Waals surface area contributed by atoms with Gasteiger partial charge in [-0.1, -0.05) is 0 Å². The van der Waals surface area contributed by atoms with Crippen molar-refractivity contribution in [3.8, 4) is 0 Å². The van der Waals surface area contributed by atoms with Crippen molar-refractivity contribution < 1.29 is 13.6 Å². The Morgan fingerprint density at radius 1 is 1.54 bits per heavy atom. The molecular weight excluding hydrogens is 182 g/mol. The summed E-state index contributed by atoms with van der Waals surface area (Å²) in [6, 6.07) is 0. The van der Waals surface area contributed by atoms with Gasteiger partial charge in [-0.15, -0.1) is 10.2 Å². The molecule has 1 aromatic heterocycles. The number of aryl methyl sites for hydroxylation is 1. The first-order chi connectivity index (χ1) is 6.02. The number of nitrogens with zero attached hydrogens (tertiary/aromatic N) is 3. The molecule has 0 atom stereocenters. The summed E-state index contributed by atoms with van der Waals surface area (Å²) in [7, 11) is 1.57. The van der Waals surface area contributed by atoms with E-state index in [1.54, 1.807) is 14.0 Å². The lowest BCUT2D eigenvalue weighted by Crippen LogP contribution is -2.22. The molecule has 0 saturated heterocycles. The van der Waals surface area contributed by atoms with E-state index in [1.165, 1.54) is 4.57 Å². The van der Waals surface area contributed by atoms with E-state index < -0.39 is 12.3 Å². The highest BCUT2D eigenvalue weighted by Crippen LogP contribution is 2.05. The minimum atomic E-state index is -3.04. The molecule has 0 radical (unpaired) electrons. The number of aromatic nitrogens is 3. The largest absolute Gasteiger partial charge is 0.315 e. The molecule has 1 rings (SSSR count). The van der Waals surface area contributed by atoms with Crippen LogP contribution in [-0.4, -0.2) is 27.1 Å². The number of halogens is 2. The Bertz CT molecular complexity index is 322. The molecular formula is C6H8F2N4O. The van der Waals surface area contributed by atoms with Crippen molar-refractivity contribution in [2.45, 2.75) is 13.3 Å². The lowest BCUT2D eigenvalue weighted by Gasteiger charge is -2.02. The van der Waals surface area contributed by atoms with Gasteiger partial charge in [0.15, 0.2) is 0 Å². The summed E-state index contributed by atoms with van der Waals surface area (Å²) in [6.45, 7) is 1.64. The van der Waals surface area contributed by atoms with Gasteiger partial charge in [0, 0.05) is 7.05 Å². The summed E-state index contributed by atoms with van der Waals surface area (Å²) >= 11 is 0. The summed E-state index contributed by atoms with van der Waals surface area (Å²) in [5.41, 5.74) is 0. The zero-order chi connectivity index (χ0) is 10.0. The predicted molar refractivity (Wildman–Crippen MR) is 40.4 cm³/mol. The van der Waals surface area contributed by atoms with Gasteiger partial charge in [0.2, 0.25) is 5.95 Å². The number of alkyl halides is 2. The third-order valence-electron chi connectivity index (χ3n) is 1.53. The van der Waals surface area contributed by atoms with Crippen molar-refractivity contribution in [3.63, 3.8) is 0 Å². The summed E-state index contributed by atoms with van der Waals surface area (Å²) < 4.78 is 25.0. The van der Waals surface area contributed by atoms with Crippen LogP contribution in [-0.2, 0) is 11.8 Å². The first-order valence-corrected chi connectivity index (χ1v) is 3.47. The second-order valence-corrected chi connectivity index (χ2v) is 2.42. The maximum atomic E-state index is 11.8. The molecule has 13 heavy (non-hydrogen) atoms. The van der Waals surface area contributed by atoms with E-state index in [0.717, 1.165) is 0 Å². The molecule has 0 aromatic carbocycles. The summed E-state index contributed by atoms with van der Waals surface area (Å²) in [6.07, 6.45) is -3.04. The highest BCUT2D eigenvalue weighted by Gasteiger charge is 2.17. The second-order valence-electron chi connectivity index (χ2n) is 2.42. The van der Waals surface area contributed by atoms with Crippen LogP contribution in [0.1, 0.15) is 5.82 Å². The third-order valence-corrected chi connectivity index (χ3v) is 1.53. The average Bonchev–Trinajstić information content (AvgIpc) is 2.36. The molecule has 1 amide bonds. The fraction of sp³-hybridized carbons (Fsp3) is 0.500. The van der Waals surface area contributed by atoms with Crippen molar-refractivity contribution in [2.24, 2.45) is 7.05 Å². The monoisotopic (exact) mass is 190 g/mol. The molecule has 0 aliphatic carbocycles. The molecule has 5 nitrogen and oxygen atoms in total. The van der Waals surface area contributed by atoms with E-state index in [2.05, 4.69) is 10.2 Å². The van der Waals surface area contributed by atoms with Crippen molar-refractivity contribution in [1.82, 2.24) is 14.8 Å². The van der Waals surface area contributed by atoms with Crippen LogP contribution in [0.2, 0.25) is 0 Å². The van der Waals surface area contributed by atoms with E-state index in [0.29, 0.717) is 5.82 Å². The van der Waals surface area contributed by atoms with Gasteiger partial charge >= 0.3 is 6.43 Å². The molecule has 7 heteroatoms. The van der Waals surface area contributed by atoms with E-state index >= 15 is 0 Å². The van der Waals surface area contributed by atoms with E-state index in [-0.39, 0.29) is 5.95 Å². The van der Waals surface area contributed by atoms with Crippen LogP contribution in [0.4, 0.5) is 14.7 Å². The predicted octanol–water partition coefficient (Wildman–Crippen LogP) is 0.327. The fourth-order valence-electron chi connectivity index (χ4n) is 0.681. The Morgan fingerprint density at radius 2 is 2.15 bits per heavy atom. The SMILES string of the molecule is Cc1nnc(NC(=O)C(F)F)n1C. The maximum Gasteiger partial charge on any atom is 0.315 e. The van der Waals surface area contributed by atoms with Gasteiger partial charge in [-0.2, -0.15) is 8.78 Å². The van der Waals surface area contributed by atoms with Crippen LogP contribution in [0.3, 0.4) is 0 Å². The smallest absolute Gasteiger partial charge is 0.300 e. The van der Waals surface area contributed by atoms with Crippen molar-refractivity contribution in [1.29, 1.82) is 0 Å². The van der Waals surface area contributed by atoms with Gasteiger partial charge in [-0.25, -0.2) is 0 Å². The molecule has 0 aliphatic rings. The van der Waals surface area contributed by atoms with Crippen LogP contribution >= 0.6 is 0 Å². The van der Waals surface area contributed by atoms with Crippen molar-refractivity contribution in [2.75, 3.05) is 5.32 Å². The molecule has 0 bridgehead atoms. The quantitative estimate of drug-likeness (QED) is 0.730. The Balaban J connectivity index is 2.75. The fourth-order valence-corrected chi connectivity index (χ4v) is 0.681. The highest BCUT2D eigenvalue weighted by molar-refractivity contribution is 5.91. The lowest BCUT2D eigenvalue weighted by molar-refractivity contribution is -0.126. The zero-order valence-corrected chi connectivity index (χ0v) is 7.08. The normalized spacial score (nSPS) is 10.5. The van der Waals surface area contributed by atoms with Crippen LogP contribution in [0.15, 0.2) is 0 Å². The molecule has 0 saturated carbocycles. The van der Waals surface area contributed by atoms with Gasteiger partial charge in [-0.3, -0.25) is 10.1 Å². The number of carbonyl (C=O) groups excluding carboxylic acids is 1. The molecule has 0 fully saturated rings. The van der Waals surface area contributed by atoms with Crippen LogP contribution < -0.4 is 5.32 Å². The standard InChI is InChI=1S/C6H8F2N4O/c1-3-10-11-6(12(3)2)9-5(13)4(7)8/h4H,1-2H3,(H,9,11,13). The van der Waals surface area contributed by atoms with Gasteiger partial charge in [-0.05, 0) is 6.92 Å². The number of amides is 1. The summed E-state index contributed by atoms with van der Waals surface area (Å²) in [5.74, 6) is -0.831. The van der Waals surface area contributed by atoms with Crippen molar-refractivity contribution >= 4 is 11.9 Å². The molecule has 0 unspecified atom stereocenters. The van der Waals surface area contributed by atoms with Crippen molar-refractivity contribution in [3.05, 3.63) is 5.82 Å². The molecule has 72 valence electrons. The van der Waals surface area contributed by atoms with Crippen LogP contribution in [0.25, 0.3) is 0 Å². The van der Waals surface area contributed by atoms with Gasteiger partial charge < -0.3 is 4.57 Å². The number of rotatable bonds is 2. The van der Waals surface area contributed by atoms with Crippen LogP contribution in [0, 0.1) is 6.92 Å². The minimum Gasteiger partial charge on any atom is -0.300 e. The number of hydrogen-bond acceptors (Lipinski definition) is 3. The Labute approximate surface area is 72.8 Å². The summed E-state index contributed by atoms with van der Waals surface area (Å²) in [5, 5.41) is 9.00. The molecule has 1 heterocycles. The van der Waals surface area contributed by atoms with Gasteiger partial charge in [0.05, 0.1) is 0 Å². The first kappa shape index (κ1) is 9.56. The molecule has 0 spiro atoms. The van der Waals surface area contributed by atoms with E-state index in [4.69, 9.17) is 0 Å². The molecule has 1 aromatic rings. The summed E-state index contributed by atoms with van der Waals surface area (Å²) in [4.78, 5) is 10.5. The topological polar surface area (TPSA) is 59.8 Å². The second kappa shape index (κ2) is 3.46. The van der Waals surface area contributed by atoms with E-state index in [1.807, 2.05) is 5.32 Å². The number of nitrogens with one attached hydrogen (secondary N) is 1. The number of anilines is 1. The Morgan fingerprint density at radius 3 is 2.54 bits per heavy atom. The molecule has 1 N–H and O–H groups in total. The lowest BCUT2D eigenvalue weighted by atomic mass is 10.6. The minimum absolute atomic E-state index is 0.0165. The van der Waals surface area contributed by atoms with Gasteiger partial charge in [0.1, 0.15) is 5.82 Å². The average molecular weight is 190 g/mol. The zero-order valence-electron chi connectivity index (χ0n) is 7.08. The number of hydrogen-bond donors (Lipinski definition) is 1. The Hall–Kier alpha value is -1.53. The number of carbonyl (C=O) groups is 1. The first-order valence-electron chi connectivity index (χ1n) is 3.47. The highest BCUT2D eigenvalue weighted by atomic mass is 19.3. The third kappa shape index (κ3) is 1.98. The van der Waals surface area contributed by atoms with Crippen LogP contribution in [0.5, 0.6) is 0 Å². The maximum absolute atomic E-state index is 11.8.